The lowest BCUT2D eigenvalue weighted by Crippen LogP contribution is -2.30. The SMILES string of the molecule is Cc1cc(C(NC(C)C)c2ccccc2F)c(F)cc1F. The van der Waals surface area contributed by atoms with Gasteiger partial charge in [-0.3, -0.25) is 0 Å². The first-order chi connectivity index (χ1) is 9.90. The second-order valence-corrected chi connectivity index (χ2v) is 5.40. The molecule has 2 aromatic carbocycles. The first-order valence-electron chi connectivity index (χ1n) is 6.86. The third-order valence-electron chi connectivity index (χ3n) is 3.31. The Kier molecular flexibility index (Phi) is 4.68. The predicted molar refractivity (Wildman–Crippen MR) is 77.6 cm³/mol. The minimum Gasteiger partial charge on any atom is -0.304 e. The van der Waals surface area contributed by atoms with Crippen LogP contribution in [-0.2, 0) is 0 Å². The van der Waals surface area contributed by atoms with Gasteiger partial charge in [-0.1, -0.05) is 18.2 Å². The van der Waals surface area contributed by atoms with E-state index in [0.717, 1.165) is 6.07 Å². The summed E-state index contributed by atoms with van der Waals surface area (Å²) in [4.78, 5) is 0. The van der Waals surface area contributed by atoms with E-state index in [9.17, 15) is 13.2 Å². The molecule has 112 valence electrons. The molecule has 4 heteroatoms. The highest BCUT2D eigenvalue weighted by Crippen LogP contribution is 2.28. The van der Waals surface area contributed by atoms with Gasteiger partial charge in [0.25, 0.3) is 0 Å². The third kappa shape index (κ3) is 3.45. The fourth-order valence-corrected chi connectivity index (χ4v) is 2.29. The molecule has 0 bridgehead atoms. The fourth-order valence-electron chi connectivity index (χ4n) is 2.29. The van der Waals surface area contributed by atoms with Crippen LogP contribution in [0.3, 0.4) is 0 Å². The first-order valence-corrected chi connectivity index (χ1v) is 6.86. The lowest BCUT2D eigenvalue weighted by atomic mass is 9.95. The van der Waals surface area contributed by atoms with Crippen molar-refractivity contribution in [2.24, 2.45) is 0 Å². The lowest BCUT2D eigenvalue weighted by molar-refractivity contribution is 0.479. The first kappa shape index (κ1) is 15.6. The number of nitrogens with one attached hydrogen (secondary N) is 1. The zero-order chi connectivity index (χ0) is 15.6. The van der Waals surface area contributed by atoms with Gasteiger partial charge in [-0.05, 0) is 38.5 Å². The van der Waals surface area contributed by atoms with Crippen molar-refractivity contribution in [3.05, 3.63) is 70.5 Å². The summed E-state index contributed by atoms with van der Waals surface area (Å²) in [6.45, 7) is 5.34. The van der Waals surface area contributed by atoms with Crippen LogP contribution in [-0.4, -0.2) is 6.04 Å². The van der Waals surface area contributed by atoms with Gasteiger partial charge in [0.1, 0.15) is 17.5 Å². The van der Waals surface area contributed by atoms with Crippen molar-refractivity contribution in [1.82, 2.24) is 5.32 Å². The summed E-state index contributed by atoms with van der Waals surface area (Å²) in [7, 11) is 0. The normalized spacial score (nSPS) is 12.7. The van der Waals surface area contributed by atoms with E-state index in [2.05, 4.69) is 5.32 Å². The highest BCUT2D eigenvalue weighted by Gasteiger charge is 2.22. The molecule has 0 radical (unpaired) electrons. The molecule has 0 saturated heterocycles. The molecule has 0 aromatic heterocycles. The van der Waals surface area contributed by atoms with E-state index in [1.807, 2.05) is 13.8 Å². The Morgan fingerprint density at radius 1 is 0.857 bits per heavy atom. The highest BCUT2D eigenvalue weighted by molar-refractivity contribution is 5.36. The van der Waals surface area contributed by atoms with Crippen LogP contribution >= 0.6 is 0 Å². The van der Waals surface area contributed by atoms with E-state index in [4.69, 9.17) is 0 Å². The zero-order valence-electron chi connectivity index (χ0n) is 12.3. The van der Waals surface area contributed by atoms with Crippen molar-refractivity contribution in [3.63, 3.8) is 0 Å². The van der Waals surface area contributed by atoms with E-state index >= 15 is 0 Å². The van der Waals surface area contributed by atoms with Crippen molar-refractivity contribution in [2.45, 2.75) is 32.9 Å². The number of rotatable bonds is 4. The highest BCUT2D eigenvalue weighted by atomic mass is 19.1. The molecule has 0 fully saturated rings. The van der Waals surface area contributed by atoms with Crippen molar-refractivity contribution < 1.29 is 13.2 Å². The van der Waals surface area contributed by atoms with Gasteiger partial charge in [-0.2, -0.15) is 0 Å². The Morgan fingerprint density at radius 2 is 1.52 bits per heavy atom. The summed E-state index contributed by atoms with van der Waals surface area (Å²) < 4.78 is 41.6. The maximum absolute atomic E-state index is 14.1. The average molecular weight is 293 g/mol. The third-order valence-corrected chi connectivity index (χ3v) is 3.31. The molecule has 0 aliphatic rings. The van der Waals surface area contributed by atoms with Crippen LogP contribution in [0.5, 0.6) is 0 Å². The second-order valence-electron chi connectivity index (χ2n) is 5.40. The van der Waals surface area contributed by atoms with Crippen molar-refractivity contribution in [1.29, 1.82) is 0 Å². The molecule has 0 amide bonds. The van der Waals surface area contributed by atoms with Gasteiger partial charge in [0.05, 0.1) is 6.04 Å². The van der Waals surface area contributed by atoms with E-state index < -0.39 is 23.5 Å². The number of hydrogen-bond acceptors (Lipinski definition) is 1. The number of aryl methyl sites for hydroxylation is 1. The monoisotopic (exact) mass is 293 g/mol. The summed E-state index contributed by atoms with van der Waals surface area (Å²) >= 11 is 0. The van der Waals surface area contributed by atoms with Gasteiger partial charge in [0, 0.05) is 23.2 Å². The average Bonchev–Trinajstić information content (AvgIpc) is 2.41. The Labute approximate surface area is 122 Å². The molecule has 0 aliphatic carbocycles. The number of halogens is 3. The summed E-state index contributed by atoms with van der Waals surface area (Å²) in [5.41, 5.74) is 0.919. The Bertz CT molecular complexity index is 638. The summed E-state index contributed by atoms with van der Waals surface area (Å²) in [6.07, 6.45) is 0. The molecule has 1 nitrogen and oxygen atoms in total. The zero-order valence-corrected chi connectivity index (χ0v) is 12.3. The van der Waals surface area contributed by atoms with E-state index in [-0.39, 0.29) is 11.6 Å². The summed E-state index contributed by atoms with van der Waals surface area (Å²) in [5.74, 6) is -1.70. The topological polar surface area (TPSA) is 12.0 Å². The van der Waals surface area contributed by atoms with Gasteiger partial charge < -0.3 is 5.32 Å². The molecule has 0 saturated carbocycles. The standard InChI is InChI=1S/C17H18F3N/c1-10(2)21-17(12-6-4-5-7-14(12)18)13-8-11(3)15(19)9-16(13)20/h4-10,17,21H,1-3H3. The molecule has 2 aromatic rings. The molecular formula is C17H18F3N. The number of hydrogen-bond donors (Lipinski definition) is 1. The Hall–Kier alpha value is -1.81. The van der Waals surface area contributed by atoms with Gasteiger partial charge in [0.15, 0.2) is 0 Å². The van der Waals surface area contributed by atoms with Crippen LogP contribution in [0.2, 0.25) is 0 Å². The van der Waals surface area contributed by atoms with Gasteiger partial charge in [0.2, 0.25) is 0 Å². The van der Waals surface area contributed by atoms with Crippen LogP contribution < -0.4 is 5.32 Å². The largest absolute Gasteiger partial charge is 0.304 e. The molecule has 0 heterocycles. The van der Waals surface area contributed by atoms with Crippen LogP contribution in [0.1, 0.15) is 36.6 Å². The van der Waals surface area contributed by atoms with Crippen molar-refractivity contribution >= 4 is 0 Å². The van der Waals surface area contributed by atoms with E-state index in [0.29, 0.717) is 11.1 Å². The molecule has 1 atom stereocenters. The van der Waals surface area contributed by atoms with Gasteiger partial charge in [-0.25, -0.2) is 13.2 Å². The Morgan fingerprint density at radius 3 is 2.14 bits per heavy atom. The molecule has 0 aliphatic heterocycles. The molecule has 21 heavy (non-hydrogen) atoms. The molecule has 2 rings (SSSR count). The quantitative estimate of drug-likeness (QED) is 0.875. The van der Waals surface area contributed by atoms with Gasteiger partial charge in [-0.15, -0.1) is 0 Å². The fraction of sp³-hybridized carbons (Fsp3) is 0.294. The van der Waals surface area contributed by atoms with Crippen LogP contribution in [0.4, 0.5) is 13.2 Å². The van der Waals surface area contributed by atoms with E-state index in [1.165, 1.54) is 12.1 Å². The summed E-state index contributed by atoms with van der Waals surface area (Å²) in [5, 5.41) is 3.14. The second kappa shape index (κ2) is 6.31. The maximum atomic E-state index is 14.1. The molecule has 1 N–H and O–H groups in total. The lowest BCUT2D eigenvalue weighted by Gasteiger charge is -2.23. The smallest absolute Gasteiger partial charge is 0.131 e. The van der Waals surface area contributed by atoms with Crippen LogP contribution in [0.25, 0.3) is 0 Å². The minimum absolute atomic E-state index is 0.0133. The molecule has 0 spiro atoms. The van der Waals surface area contributed by atoms with Crippen molar-refractivity contribution in [2.75, 3.05) is 0 Å². The number of benzene rings is 2. The van der Waals surface area contributed by atoms with E-state index in [1.54, 1.807) is 25.1 Å². The predicted octanol–water partition coefficient (Wildman–Crippen LogP) is 4.50. The molecular weight excluding hydrogens is 275 g/mol. The minimum atomic E-state index is -0.681. The molecule has 1 unspecified atom stereocenters. The summed E-state index contributed by atoms with van der Waals surface area (Å²) in [6, 6.07) is 7.84. The van der Waals surface area contributed by atoms with Crippen LogP contribution in [0.15, 0.2) is 36.4 Å². The maximum Gasteiger partial charge on any atom is 0.131 e. The van der Waals surface area contributed by atoms with Gasteiger partial charge >= 0.3 is 0 Å². The van der Waals surface area contributed by atoms with Crippen LogP contribution in [0, 0.1) is 24.4 Å². The Balaban J connectivity index is 2.56. The van der Waals surface area contributed by atoms with Crippen molar-refractivity contribution in [3.8, 4) is 0 Å².